The van der Waals surface area contributed by atoms with E-state index < -0.39 is 5.41 Å². The number of carbonyl (C=O) groups is 1. The van der Waals surface area contributed by atoms with Gasteiger partial charge >= 0.3 is 0 Å². The summed E-state index contributed by atoms with van der Waals surface area (Å²) in [5.41, 5.74) is 1.02. The fourth-order valence-electron chi connectivity index (χ4n) is 3.27. The smallest absolute Gasteiger partial charge is 0.235 e. The first kappa shape index (κ1) is 15.8. The van der Waals surface area contributed by atoms with Crippen LogP contribution in [0, 0.1) is 0 Å². The minimum Gasteiger partial charge on any atom is -0.481 e. The minimum atomic E-state index is -0.557. The van der Waals surface area contributed by atoms with Gasteiger partial charge < -0.3 is 10.1 Å². The van der Waals surface area contributed by atoms with Crippen molar-refractivity contribution in [3.63, 3.8) is 0 Å². The van der Waals surface area contributed by atoms with Crippen LogP contribution in [0.3, 0.4) is 0 Å². The number of nitrogens with one attached hydrogen (secondary N) is 1. The van der Waals surface area contributed by atoms with Gasteiger partial charge in [0.05, 0.1) is 24.4 Å². The van der Waals surface area contributed by atoms with E-state index >= 15 is 0 Å². The highest BCUT2D eigenvalue weighted by Crippen LogP contribution is 2.44. The average Bonchev–Trinajstić information content (AvgIpc) is 3.07. The number of benzene rings is 1. The lowest BCUT2D eigenvalue weighted by Crippen LogP contribution is -2.38. The van der Waals surface area contributed by atoms with Crippen LogP contribution in [0.25, 0.3) is 0 Å². The van der Waals surface area contributed by atoms with Crippen LogP contribution in [0.4, 0.5) is 5.69 Å². The predicted octanol–water partition coefficient (Wildman–Crippen LogP) is 4.19. The van der Waals surface area contributed by atoms with Gasteiger partial charge in [-0.2, -0.15) is 0 Å². The first-order chi connectivity index (χ1) is 11.2. The lowest BCUT2D eigenvalue weighted by Gasteiger charge is -2.29. The highest BCUT2D eigenvalue weighted by Gasteiger charge is 2.43. The lowest BCUT2D eigenvalue weighted by atomic mass is 9.78. The van der Waals surface area contributed by atoms with Crippen LogP contribution < -0.4 is 10.1 Å². The molecule has 23 heavy (non-hydrogen) atoms. The highest BCUT2D eigenvalue weighted by molar-refractivity contribution is 6.31. The van der Waals surface area contributed by atoms with E-state index in [0.29, 0.717) is 16.6 Å². The summed E-state index contributed by atoms with van der Waals surface area (Å²) < 4.78 is 5.04. The molecule has 2 aromatic rings. The maximum atomic E-state index is 13.0. The number of amides is 1. The molecule has 0 saturated heterocycles. The molecule has 1 saturated carbocycles. The van der Waals surface area contributed by atoms with Crippen LogP contribution in [0.5, 0.6) is 5.88 Å². The van der Waals surface area contributed by atoms with Gasteiger partial charge in [-0.15, -0.1) is 0 Å². The fourth-order valence-corrected chi connectivity index (χ4v) is 3.59. The number of aromatic nitrogens is 1. The Bertz CT molecular complexity index is 694. The van der Waals surface area contributed by atoms with E-state index in [4.69, 9.17) is 16.3 Å². The first-order valence-corrected chi connectivity index (χ1v) is 8.10. The molecule has 0 bridgehead atoms. The van der Waals surface area contributed by atoms with E-state index in [-0.39, 0.29) is 5.91 Å². The SMILES string of the molecule is COc1ccc(NC(=O)C2(c3ccccc3Cl)CCCC2)cn1. The molecule has 4 nitrogen and oxygen atoms in total. The number of ether oxygens (including phenoxy) is 1. The van der Waals surface area contributed by atoms with E-state index in [1.54, 1.807) is 25.4 Å². The molecular weight excluding hydrogens is 312 g/mol. The maximum absolute atomic E-state index is 13.0. The molecule has 120 valence electrons. The molecule has 1 aromatic heterocycles. The van der Waals surface area contributed by atoms with Crippen molar-refractivity contribution in [2.45, 2.75) is 31.1 Å². The summed E-state index contributed by atoms with van der Waals surface area (Å²) in [4.78, 5) is 17.1. The van der Waals surface area contributed by atoms with Crippen molar-refractivity contribution < 1.29 is 9.53 Å². The molecule has 1 fully saturated rings. The lowest BCUT2D eigenvalue weighted by molar-refractivity contribution is -0.121. The standard InChI is InChI=1S/C18H19ClN2O2/c1-23-16-9-8-13(12-20-16)21-17(22)18(10-4-5-11-18)14-6-2-3-7-15(14)19/h2-3,6-9,12H,4-5,10-11H2,1H3,(H,21,22). The van der Waals surface area contributed by atoms with Gasteiger partial charge in [-0.05, 0) is 30.5 Å². The van der Waals surface area contributed by atoms with Crippen LogP contribution >= 0.6 is 11.6 Å². The molecule has 1 aliphatic carbocycles. The van der Waals surface area contributed by atoms with Crippen molar-refractivity contribution in [1.29, 1.82) is 0 Å². The largest absolute Gasteiger partial charge is 0.481 e. The second-order valence-corrected chi connectivity index (χ2v) is 6.22. The molecule has 1 N–H and O–H groups in total. The van der Waals surface area contributed by atoms with E-state index in [1.165, 1.54) is 0 Å². The second-order valence-electron chi connectivity index (χ2n) is 5.81. The molecule has 1 aliphatic rings. The molecular formula is C18H19ClN2O2. The Kier molecular flexibility index (Phi) is 4.53. The molecule has 0 spiro atoms. The molecule has 1 aromatic carbocycles. The number of carbonyl (C=O) groups excluding carboxylic acids is 1. The number of methoxy groups -OCH3 is 1. The van der Waals surface area contributed by atoms with Gasteiger partial charge in [-0.3, -0.25) is 4.79 Å². The summed E-state index contributed by atoms with van der Waals surface area (Å²) in [6, 6.07) is 11.1. The molecule has 1 amide bonds. The number of halogens is 1. The van der Waals surface area contributed by atoms with Gasteiger partial charge in [0, 0.05) is 11.1 Å². The third-order valence-electron chi connectivity index (χ3n) is 4.48. The van der Waals surface area contributed by atoms with Crippen molar-refractivity contribution in [2.24, 2.45) is 0 Å². The van der Waals surface area contributed by atoms with Crippen LogP contribution in [0.15, 0.2) is 42.6 Å². The normalized spacial score (nSPS) is 16.1. The number of rotatable bonds is 4. The van der Waals surface area contributed by atoms with E-state index in [0.717, 1.165) is 31.2 Å². The third kappa shape index (κ3) is 3.04. The Morgan fingerprint density at radius 2 is 1.96 bits per heavy atom. The Morgan fingerprint density at radius 1 is 1.22 bits per heavy atom. The van der Waals surface area contributed by atoms with Crippen molar-refractivity contribution in [2.75, 3.05) is 12.4 Å². The van der Waals surface area contributed by atoms with Crippen LogP contribution in [0.2, 0.25) is 5.02 Å². The predicted molar refractivity (Wildman–Crippen MR) is 91.0 cm³/mol. The van der Waals surface area contributed by atoms with Crippen molar-refractivity contribution in [1.82, 2.24) is 4.98 Å². The summed E-state index contributed by atoms with van der Waals surface area (Å²) in [5.74, 6) is 0.500. The summed E-state index contributed by atoms with van der Waals surface area (Å²) in [7, 11) is 1.56. The summed E-state index contributed by atoms with van der Waals surface area (Å²) in [5, 5.41) is 3.64. The molecule has 0 unspecified atom stereocenters. The summed E-state index contributed by atoms with van der Waals surface area (Å²) in [6.07, 6.45) is 5.28. The first-order valence-electron chi connectivity index (χ1n) is 7.72. The zero-order chi connectivity index (χ0) is 16.3. The summed E-state index contributed by atoms with van der Waals surface area (Å²) in [6.45, 7) is 0. The number of anilines is 1. The molecule has 5 heteroatoms. The Morgan fingerprint density at radius 3 is 2.57 bits per heavy atom. The van der Waals surface area contributed by atoms with Crippen LogP contribution in [-0.2, 0) is 10.2 Å². The summed E-state index contributed by atoms with van der Waals surface area (Å²) >= 11 is 6.37. The van der Waals surface area contributed by atoms with Crippen molar-refractivity contribution >= 4 is 23.2 Å². The van der Waals surface area contributed by atoms with Crippen molar-refractivity contribution in [3.05, 3.63) is 53.2 Å². The topological polar surface area (TPSA) is 51.2 Å². The molecule has 0 radical (unpaired) electrons. The monoisotopic (exact) mass is 330 g/mol. The van der Waals surface area contributed by atoms with Crippen LogP contribution in [0.1, 0.15) is 31.2 Å². The Balaban J connectivity index is 1.89. The number of hydrogen-bond donors (Lipinski definition) is 1. The van der Waals surface area contributed by atoms with E-state index in [1.807, 2.05) is 24.3 Å². The fraction of sp³-hybridized carbons (Fsp3) is 0.333. The molecule has 0 aliphatic heterocycles. The average molecular weight is 331 g/mol. The van der Waals surface area contributed by atoms with Gasteiger partial charge in [0.15, 0.2) is 0 Å². The van der Waals surface area contributed by atoms with Gasteiger partial charge in [0.2, 0.25) is 11.8 Å². The van der Waals surface area contributed by atoms with Gasteiger partial charge in [0.25, 0.3) is 0 Å². The Labute approximate surface area is 140 Å². The molecule has 1 heterocycles. The quantitative estimate of drug-likeness (QED) is 0.914. The van der Waals surface area contributed by atoms with E-state index in [2.05, 4.69) is 10.3 Å². The zero-order valence-electron chi connectivity index (χ0n) is 13.0. The third-order valence-corrected chi connectivity index (χ3v) is 4.81. The number of hydrogen-bond acceptors (Lipinski definition) is 3. The Hall–Kier alpha value is -2.07. The molecule has 3 rings (SSSR count). The van der Waals surface area contributed by atoms with Crippen molar-refractivity contribution in [3.8, 4) is 5.88 Å². The maximum Gasteiger partial charge on any atom is 0.235 e. The number of pyridine rings is 1. The minimum absolute atomic E-state index is 0.0185. The van der Waals surface area contributed by atoms with Crippen LogP contribution in [-0.4, -0.2) is 18.0 Å². The number of nitrogens with zero attached hydrogens (tertiary/aromatic N) is 1. The highest BCUT2D eigenvalue weighted by atomic mass is 35.5. The van der Waals surface area contributed by atoms with E-state index in [9.17, 15) is 4.79 Å². The van der Waals surface area contributed by atoms with Gasteiger partial charge in [-0.1, -0.05) is 42.6 Å². The van der Waals surface area contributed by atoms with Gasteiger partial charge in [-0.25, -0.2) is 4.98 Å². The zero-order valence-corrected chi connectivity index (χ0v) is 13.8. The van der Waals surface area contributed by atoms with Gasteiger partial charge in [0.1, 0.15) is 0 Å². The molecule has 0 atom stereocenters. The second kappa shape index (κ2) is 6.59.